The van der Waals surface area contributed by atoms with Crippen LogP contribution in [-0.2, 0) is 11.3 Å². The van der Waals surface area contributed by atoms with Gasteiger partial charge in [0.15, 0.2) is 0 Å². The topological polar surface area (TPSA) is 69.6 Å². The molecule has 1 atom stereocenters. The molecule has 1 rings (SSSR count). The molecule has 0 heterocycles. The lowest BCUT2D eigenvalue weighted by Gasteiger charge is -2.24. The van der Waals surface area contributed by atoms with Gasteiger partial charge in [-0.05, 0) is 30.9 Å². The highest BCUT2D eigenvalue weighted by atomic mass is 32.2. The van der Waals surface area contributed by atoms with E-state index >= 15 is 0 Å². The van der Waals surface area contributed by atoms with E-state index in [2.05, 4.69) is 5.32 Å². The number of carboxylic acids is 1. The third-order valence-electron chi connectivity index (χ3n) is 3.09. The number of hydrogen-bond donors (Lipinski definition) is 2. The van der Waals surface area contributed by atoms with Crippen molar-refractivity contribution in [2.45, 2.75) is 25.9 Å². The van der Waals surface area contributed by atoms with Crippen LogP contribution >= 0.6 is 11.8 Å². The maximum atomic E-state index is 12.2. The van der Waals surface area contributed by atoms with Crippen molar-refractivity contribution in [1.29, 1.82) is 0 Å². The smallest absolute Gasteiger partial charge is 0.326 e. The summed E-state index contributed by atoms with van der Waals surface area (Å²) in [5.41, 5.74) is 1.02. The average Bonchev–Trinajstić information content (AvgIpc) is 2.49. The summed E-state index contributed by atoms with van der Waals surface area (Å²) < 4.78 is 0. The summed E-state index contributed by atoms with van der Waals surface area (Å²) in [6, 6.07) is 8.46. The zero-order valence-electron chi connectivity index (χ0n) is 12.4. The number of amides is 2. The van der Waals surface area contributed by atoms with E-state index in [1.54, 1.807) is 16.7 Å². The number of rotatable bonds is 8. The molecule has 0 aliphatic heterocycles. The molecule has 1 aromatic rings. The Hall–Kier alpha value is -1.69. The van der Waals surface area contributed by atoms with Crippen LogP contribution in [0.1, 0.15) is 18.9 Å². The van der Waals surface area contributed by atoms with E-state index in [1.165, 1.54) is 0 Å². The zero-order chi connectivity index (χ0) is 15.7. The van der Waals surface area contributed by atoms with Crippen LogP contribution in [0.25, 0.3) is 0 Å². The molecule has 0 radical (unpaired) electrons. The van der Waals surface area contributed by atoms with E-state index in [9.17, 15) is 9.59 Å². The number of aliphatic carboxylic acids is 1. The fraction of sp³-hybridized carbons (Fsp3) is 0.467. The molecular weight excluding hydrogens is 288 g/mol. The normalized spacial score (nSPS) is 11.7. The van der Waals surface area contributed by atoms with Crippen LogP contribution in [-0.4, -0.2) is 46.6 Å². The monoisotopic (exact) mass is 310 g/mol. The van der Waals surface area contributed by atoms with Crippen LogP contribution in [0.5, 0.6) is 0 Å². The third kappa shape index (κ3) is 6.08. The maximum absolute atomic E-state index is 12.2. The third-order valence-corrected chi connectivity index (χ3v) is 3.74. The Kier molecular flexibility index (Phi) is 7.68. The first-order valence-corrected chi connectivity index (χ1v) is 8.29. The van der Waals surface area contributed by atoms with Gasteiger partial charge in [-0.15, -0.1) is 0 Å². The fourth-order valence-electron chi connectivity index (χ4n) is 1.86. The molecule has 6 heteroatoms. The second-order valence-electron chi connectivity index (χ2n) is 4.62. The second-order valence-corrected chi connectivity index (χ2v) is 5.61. The number of hydrogen-bond acceptors (Lipinski definition) is 3. The molecule has 1 aromatic carbocycles. The van der Waals surface area contributed by atoms with Gasteiger partial charge < -0.3 is 15.3 Å². The Morgan fingerprint density at radius 3 is 2.52 bits per heavy atom. The number of thioether (sulfide) groups is 1. The molecule has 116 valence electrons. The molecule has 0 unspecified atom stereocenters. The van der Waals surface area contributed by atoms with Crippen LogP contribution < -0.4 is 5.32 Å². The Morgan fingerprint density at radius 2 is 2.00 bits per heavy atom. The molecule has 0 spiro atoms. The summed E-state index contributed by atoms with van der Waals surface area (Å²) in [7, 11) is 0. The Bertz CT molecular complexity index is 453. The number of nitrogens with one attached hydrogen (secondary N) is 1. The van der Waals surface area contributed by atoms with Crippen molar-refractivity contribution in [2.75, 3.05) is 18.6 Å². The first kappa shape index (κ1) is 17.4. The minimum Gasteiger partial charge on any atom is -0.480 e. The minimum atomic E-state index is -0.992. The van der Waals surface area contributed by atoms with Gasteiger partial charge >= 0.3 is 12.0 Å². The molecule has 0 bridgehead atoms. The molecule has 5 nitrogen and oxygen atoms in total. The molecule has 2 amide bonds. The zero-order valence-corrected chi connectivity index (χ0v) is 13.2. The molecule has 2 N–H and O–H groups in total. The van der Waals surface area contributed by atoms with E-state index in [1.807, 2.05) is 43.5 Å². The van der Waals surface area contributed by atoms with Gasteiger partial charge in [-0.1, -0.05) is 30.3 Å². The first-order chi connectivity index (χ1) is 10.1. The van der Waals surface area contributed by atoms with Crippen molar-refractivity contribution >= 4 is 23.8 Å². The molecule has 0 saturated heterocycles. The van der Waals surface area contributed by atoms with Crippen LogP contribution in [0.4, 0.5) is 4.79 Å². The largest absolute Gasteiger partial charge is 0.480 e. The van der Waals surface area contributed by atoms with Gasteiger partial charge in [0.1, 0.15) is 6.04 Å². The maximum Gasteiger partial charge on any atom is 0.326 e. The van der Waals surface area contributed by atoms with Crippen molar-refractivity contribution < 1.29 is 14.7 Å². The van der Waals surface area contributed by atoms with Crippen LogP contribution in [0.3, 0.4) is 0 Å². The van der Waals surface area contributed by atoms with E-state index in [4.69, 9.17) is 5.11 Å². The molecule has 0 aliphatic carbocycles. The minimum absolute atomic E-state index is 0.338. The molecule has 0 saturated carbocycles. The highest BCUT2D eigenvalue weighted by Crippen LogP contribution is 2.06. The van der Waals surface area contributed by atoms with Crippen molar-refractivity contribution in [3.63, 3.8) is 0 Å². The lowest BCUT2D eigenvalue weighted by Crippen LogP contribution is -2.47. The van der Waals surface area contributed by atoms with Gasteiger partial charge in [0.25, 0.3) is 0 Å². The molecule has 21 heavy (non-hydrogen) atoms. The quantitative estimate of drug-likeness (QED) is 0.773. The Labute approximate surface area is 129 Å². The first-order valence-electron chi connectivity index (χ1n) is 6.89. The van der Waals surface area contributed by atoms with E-state index in [0.717, 1.165) is 5.56 Å². The van der Waals surface area contributed by atoms with Gasteiger partial charge in [0.05, 0.1) is 0 Å². The number of nitrogens with zero attached hydrogens (tertiary/aromatic N) is 1. The van der Waals surface area contributed by atoms with Gasteiger partial charge in [0.2, 0.25) is 0 Å². The van der Waals surface area contributed by atoms with Crippen molar-refractivity contribution in [3.8, 4) is 0 Å². The average molecular weight is 310 g/mol. The summed E-state index contributed by atoms with van der Waals surface area (Å²) in [5, 5.41) is 11.7. The Balaban J connectivity index is 2.62. The fourth-order valence-corrected chi connectivity index (χ4v) is 2.34. The van der Waals surface area contributed by atoms with E-state index in [0.29, 0.717) is 25.3 Å². The van der Waals surface area contributed by atoms with E-state index < -0.39 is 12.0 Å². The standard InChI is InChI=1S/C15H22N2O3S/c1-3-17(11-12-7-5-4-6-8-12)15(20)16-13(14(18)19)9-10-21-2/h4-8,13H,3,9-11H2,1-2H3,(H,16,20)(H,18,19)/t13-/m1/s1. The van der Waals surface area contributed by atoms with Gasteiger partial charge in [-0.2, -0.15) is 11.8 Å². The SMILES string of the molecule is CCN(Cc1ccccc1)C(=O)N[C@H](CCSC)C(=O)O. The summed E-state index contributed by atoms with van der Waals surface area (Å²) in [4.78, 5) is 25.0. The van der Waals surface area contributed by atoms with Crippen LogP contribution in [0, 0.1) is 0 Å². The number of carboxylic acid groups (broad SMARTS) is 1. The number of urea groups is 1. The van der Waals surface area contributed by atoms with Gasteiger partial charge in [-0.3, -0.25) is 0 Å². The number of carbonyl (C=O) groups is 2. The van der Waals surface area contributed by atoms with Gasteiger partial charge in [-0.25, -0.2) is 9.59 Å². The molecule has 0 aliphatic rings. The predicted molar refractivity (Wildman–Crippen MR) is 85.5 cm³/mol. The Morgan fingerprint density at radius 1 is 1.33 bits per heavy atom. The number of carbonyl (C=O) groups excluding carboxylic acids is 1. The highest BCUT2D eigenvalue weighted by molar-refractivity contribution is 7.98. The molecule has 0 aromatic heterocycles. The summed E-state index contributed by atoms with van der Waals surface area (Å²) in [5.74, 6) is -0.296. The van der Waals surface area contributed by atoms with Crippen LogP contribution in [0.2, 0.25) is 0 Å². The second kappa shape index (κ2) is 9.28. The predicted octanol–water partition coefficient (Wildman–Crippen LogP) is 2.42. The van der Waals surface area contributed by atoms with E-state index in [-0.39, 0.29) is 6.03 Å². The van der Waals surface area contributed by atoms with Gasteiger partial charge in [0, 0.05) is 13.1 Å². The molecule has 0 fully saturated rings. The van der Waals surface area contributed by atoms with Crippen molar-refractivity contribution in [1.82, 2.24) is 10.2 Å². The summed E-state index contributed by atoms with van der Waals surface area (Å²) >= 11 is 1.56. The lowest BCUT2D eigenvalue weighted by atomic mass is 10.2. The molecular formula is C15H22N2O3S. The van der Waals surface area contributed by atoms with Crippen LogP contribution in [0.15, 0.2) is 30.3 Å². The van der Waals surface area contributed by atoms with Crippen molar-refractivity contribution in [2.24, 2.45) is 0 Å². The highest BCUT2D eigenvalue weighted by Gasteiger charge is 2.22. The number of benzene rings is 1. The summed E-state index contributed by atoms with van der Waals surface area (Å²) in [6.07, 6.45) is 2.33. The lowest BCUT2D eigenvalue weighted by molar-refractivity contribution is -0.139. The van der Waals surface area contributed by atoms with Crippen molar-refractivity contribution in [3.05, 3.63) is 35.9 Å². The summed E-state index contributed by atoms with van der Waals surface area (Å²) in [6.45, 7) is 2.87.